The summed E-state index contributed by atoms with van der Waals surface area (Å²) in [4.78, 5) is 6.20. The van der Waals surface area contributed by atoms with E-state index >= 15 is 0 Å². The summed E-state index contributed by atoms with van der Waals surface area (Å²) >= 11 is 0. The molecule has 0 spiro atoms. The Balaban J connectivity index is 2.03. The highest BCUT2D eigenvalue weighted by Gasteiger charge is 2.31. The molecule has 2 heterocycles. The Morgan fingerprint density at radius 3 is 2.95 bits per heavy atom. The summed E-state index contributed by atoms with van der Waals surface area (Å²) < 4.78 is 15.3. The Bertz CT molecular complexity index is 691. The topological polar surface area (TPSA) is 59.4 Å². The summed E-state index contributed by atoms with van der Waals surface area (Å²) in [7, 11) is 1.90. The van der Waals surface area contributed by atoms with Crippen molar-refractivity contribution in [2.24, 2.45) is 17.8 Å². The van der Waals surface area contributed by atoms with E-state index in [2.05, 4.69) is 17.0 Å². The van der Waals surface area contributed by atoms with Gasteiger partial charge in [0.05, 0.1) is 18.3 Å². The van der Waals surface area contributed by atoms with Crippen molar-refractivity contribution in [3.63, 3.8) is 0 Å². The first-order valence-corrected chi connectivity index (χ1v) is 6.97. The Labute approximate surface area is 122 Å². The minimum atomic E-state index is -0.284. The summed E-state index contributed by atoms with van der Waals surface area (Å²) in [5.74, 6) is 0.129. The highest BCUT2D eigenvalue weighted by atomic mass is 19.1. The molecular formula is C15H18FN5. The van der Waals surface area contributed by atoms with Crippen molar-refractivity contribution in [3.05, 3.63) is 47.5 Å². The van der Waals surface area contributed by atoms with Crippen LogP contribution in [0.25, 0.3) is 0 Å². The van der Waals surface area contributed by atoms with Crippen LogP contribution in [0.15, 0.2) is 35.5 Å². The summed E-state index contributed by atoms with van der Waals surface area (Å²) in [5, 5.41) is 4.47. The van der Waals surface area contributed by atoms with Gasteiger partial charge in [0.25, 0.3) is 0 Å². The number of halogens is 1. The fraction of sp³-hybridized carbons (Fsp3) is 0.333. The number of hydrogen-bond acceptors (Lipinski definition) is 4. The van der Waals surface area contributed by atoms with E-state index in [1.807, 2.05) is 24.2 Å². The van der Waals surface area contributed by atoms with Gasteiger partial charge >= 0.3 is 0 Å². The van der Waals surface area contributed by atoms with Gasteiger partial charge in [0.2, 0.25) is 0 Å². The lowest BCUT2D eigenvalue weighted by Crippen LogP contribution is -2.36. The zero-order valence-corrected chi connectivity index (χ0v) is 12.1. The Kier molecular flexibility index (Phi) is 3.37. The molecule has 5 nitrogen and oxygen atoms in total. The van der Waals surface area contributed by atoms with Gasteiger partial charge in [0.15, 0.2) is 5.96 Å². The van der Waals surface area contributed by atoms with Crippen molar-refractivity contribution in [1.29, 1.82) is 0 Å². The third-order valence-electron chi connectivity index (χ3n) is 3.70. The monoisotopic (exact) mass is 287 g/mol. The first kappa shape index (κ1) is 13.6. The normalized spacial score (nSPS) is 18.1. The molecule has 0 amide bonds. The van der Waals surface area contributed by atoms with Crippen molar-refractivity contribution < 1.29 is 4.39 Å². The summed E-state index contributed by atoms with van der Waals surface area (Å²) in [5.41, 5.74) is 8.84. The van der Waals surface area contributed by atoms with Gasteiger partial charge in [0.1, 0.15) is 5.82 Å². The van der Waals surface area contributed by atoms with Gasteiger partial charge in [-0.2, -0.15) is 5.10 Å². The third-order valence-corrected chi connectivity index (χ3v) is 3.70. The Morgan fingerprint density at radius 1 is 1.43 bits per heavy atom. The van der Waals surface area contributed by atoms with E-state index < -0.39 is 0 Å². The van der Waals surface area contributed by atoms with E-state index in [0.717, 1.165) is 17.7 Å². The van der Waals surface area contributed by atoms with E-state index in [1.54, 1.807) is 10.7 Å². The van der Waals surface area contributed by atoms with Crippen LogP contribution in [0, 0.1) is 5.82 Å². The van der Waals surface area contributed by atoms with Crippen LogP contribution in [0.3, 0.4) is 0 Å². The van der Waals surface area contributed by atoms with Crippen LogP contribution in [-0.4, -0.2) is 22.3 Å². The van der Waals surface area contributed by atoms with Crippen LogP contribution in [-0.2, 0) is 13.5 Å². The summed E-state index contributed by atoms with van der Waals surface area (Å²) in [6, 6.07) is 6.38. The molecule has 0 radical (unpaired) electrons. The first-order chi connectivity index (χ1) is 10.1. The summed E-state index contributed by atoms with van der Waals surface area (Å²) in [6.07, 6.45) is 2.83. The summed E-state index contributed by atoms with van der Waals surface area (Å²) in [6.45, 7) is 2.62. The smallest absolute Gasteiger partial charge is 0.196 e. The highest BCUT2D eigenvalue weighted by Crippen LogP contribution is 2.32. The van der Waals surface area contributed by atoms with Crippen molar-refractivity contribution in [3.8, 4) is 0 Å². The average Bonchev–Trinajstić information content (AvgIpc) is 3.01. The highest BCUT2D eigenvalue weighted by molar-refractivity contribution is 5.97. The molecule has 110 valence electrons. The number of nitrogens with two attached hydrogens (primary N) is 1. The van der Waals surface area contributed by atoms with Crippen LogP contribution in [0.1, 0.15) is 24.2 Å². The zero-order valence-electron chi connectivity index (χ0n) is 12.1. The molecule has 1 aliphatic heterocycles. The van der Waals surface area contributed by atoms with Gasteiger partial charge in [-0.15, -0.1) is 0 Å². The fourth-order valence-corrected chi connectivity index (χ4v) is 2.78. The SMILES string of the molecule is CCc1nn(C)cc1C1CN=C(N)N1c1cccc(F)c1. The molecule has 0 fully saturated rings. The number of benzene rings is 1. The molecule has 1 aliphatic rings. The lowest BCUT2D eigenvalue weighted by Gasteiger charge is -2.26. The van der Waals surface area contributed by atoms with E-state index in [9.17, 15) is 4.39 Å². The average molecular weight is 287 g/mol. The van der Waals surface area contributed by atoms with Gasteiger partial charge in [-0.3, -0.25) is 9.67 Å². The molecule has 0 saturated heterocycles. The number of guanidine groups is 1. The molecular weight excluding hydrogens is 269 g/mol. The van der Waals surface area contributed by atoms with Gasteiger partial charge in [-0.25, -0.2) is 4.39 Å². The van der Waals surface area contributed by atoms with Crippen molar-refractivity contribution in [2.45, 2.75) is 19.4 Å². The lowest BCUT2D eigenvalue weighted by atomic mass is 10.1. The molecule has 2 N–H and O–H groups in total. The van der Waals surface area contributed by atoms with E-state index in [-0.39, 0.29) is 11.9 Å². The predicted molar refractivity (Wildman–Crippen MR) is 80.7 cm³/mol. The molecule has 6 heteroatoms. The van der Waals surface area contributed by atoms with Crippen LogP contribution in [0.5, 0.6) is 0 Å². The second-order valence-corrected chi connectivity index (χ2v) is 5.12. The Hall–Kier alpha value is -2.37. The van der Waals surface area contributed by atoms with Crippen molar-refractivity contribution in [2.75, 3.05) is 11.4 Å². The number of hydrogen-bond donors (Lipinski definition) is 1. The quantitative estimate of drug-likeness (QED) is 0.939. The van der Waals surface area contributed by atoms with Crippen molar-refractivity contribution in [1.82, 2.24) is 9.78 Å². The number of aromatic nitrogens is 2. The fourth-order valence-electron chi connectivity index (χ4n) is 2.78. The van der Waals surface area contributed by atoms with Gasteiger partial charge < -0.3 is 10.6 Å². The number of aliphatic imine (C=N–C) groups is 1. The zero-order chi connectivity index (χ0) is 15.0. The molecule has 3 rings (SSSR count). The molecule has 1 unspecified atom stereocenters. The number of nitrogens with zero attached hydrogens (tertiary/aromatic N) is 4. The molecule has 0 aliphatic carbocycles. The van der Waals surface area contributed by atoms with E-state index in [0.29, 0.717) is 18.2 Å². The second-order valence-electron chi connectivity index (χ2n) is 5.12. The maximum atomic E-state index is 13.5. The third kappa shape index (κ3) is 2.37. The lowest BCUT2D eigenvalue weighted by molar-refractivity contribution is 0.626. The van der Waals surface area contributed by atoms with Crippen LogP contribution < -0.4 is 10.6 Å². The molecule has 1 aromatic carbocycles. The molecule has 0 saturated carbocycles. The molecule has 0 bridgehead atoms. The predicted octanol–water partition coefficient (Wildman–Crippen LogP) is 2.00. The number of rotatable bonds is 3. The maximum Gasteiger partial charge on any atom is 0.196 e. The molecule has 1 aromatic heterocycles. The first-order valence-electron chi connectivity index (χ1n) is 6.97. The molecule has 21 heavy (non-hydrogen) atoms. The maximum absolute atomic E-state index is 13.5. The van der Waals surface area contributed by atoms with Gasteiger partial charge in [-0.05, 0) is 24.6 Å². The Morgan fingerprint density at radius 2 is 2.24 bits per heavy atom. The molecule has 1 atom stereocenters. The minimum Gasteiger partial charge on any atom is -0.369 e. The standard InChI is InChI=1S/C15H18FN5/c1-3-13-12(9-20(2)19-13)14-8-18-15(17)21(14)11-6-4-5-10(16)7-11/h4-7,9,14H,3,8H2,1-2H3,(H2,17,18). The number of aryl methyl sites for hydroxylation is 2. The van der Waals surface area contributed by atoms with E-state index in [1.165, 1.54) is 12.1 Å². The van der Waals surface area contributed by atoms with Crippen LogP contribution >= 0.6 is 0 Å². The van der Waals surface area contributed by atoms with Crippen molar-refractivity contribution >= 4 is 11.6 Å². The van der Waals surface area contributed by atoms with Crippen LogP contribution in [0.4, 0.5) is 10.1 Å². The van der Waals surface area contributed by atoms with Gasteiger partial charge in [0, 0.05) is 24.5 Å². The van der Waals surface area contributed by atoms with Crippen LogP contribution in [0.2, 0.25) is 0 Å². The number of anilines is 1. The molecule has 2 aromatic rings. The second kappa shape index (κ2) is 5.20. The van der Waals surface area contributed by atoms with Gasteiger partial charge in [-0.1, -0.05) is 13.0 Å². The largest absolute Gasteiger partial charge is 0.369 e. The minimum absolute atomic E-state index is 0.0320. The van der Waals surface area contributed by atoms with E-state index in [4.69, 9.17) is 5.73 Å².